The Morgan fingerprint density at radius 2 is 1.96 bits per heavy atom. The summed E-state index contributed by atoms with van der Waals surface area (Å²) in [5, 5.41) is 5.97. The maximum atomic E-state index is 12.2. The Balaban J connectivity index is 1.45. The summed E-state index contributed by atoms with van der Waals surface area (Å²) in [5.74, 6) is 0.435. The minimum atomic E-state index is -0.174. The van der Waals surface area contributed by atoms with E-state index in [1.54, 1.807) is 24.3 Å². The van der Waals surface area contributed by atoms with E-state index in [4.69, 9.17) is 14.1 Å². The van der Waals surface area contributed by atoms with Crippen LogP contribution in [0.2, 0.25) is 0 Å². The Morgan fingerprint density at radius 3 is 2.65 bits per heavy atom. The predicted octanol–water partition coefficient (Wildman–Crippen LogP) is 3.80. The number of benzene rings is 1. The van der Waals surface area contributed by atoms with Crippen LogP contribution in [0.5, 0.6) is 0 Å². The van der Waals surface area contributed by atoms with Gasteiger partial charge in [0.1, 0.15) is 5.76 Å². The first-order valence-corrected chi connectivity index (χ1v) is 9.33. The molecule has 1 aliphatic rings. The van der Waals surface area contributed by atoms with E-state index in [0.29, 0.717) is 11.3 Å². The van der Waals surface area contributed by atoms with Gasteiger partial charge < -0.3 is 19.4 Å². The summed E-state index contributed by atoms with van der Waals surface area (Å²) < 4.78 is 10.6. The topological polar surface area (TPSA) is 67.6 Å². The molecule has 3 aromatic rings. The number of aromatic nitrogens is 1. The van der Waals surface area contributed by atoms with Crippen molar-refractivity contribution in [1.29, 1.82) is 0 Å². The standard InChI is InChI=1S/C19H19N3O3S/c1-13-16(6-9-25-13)18(23)20-15-4-2-14(3-5-15)17-12-26-19(21-17)22-7-10-24-11-8-22/h2-6,9,12H,7-8,10-11H2,1H3,(H,20,23). The zero-order valence-electron chi connectivity index (χ0n) is 14.4. The number of nitrogens with zero attached hydrogens (tertiary/aromatic N) is 2. The van der Waals surface area contributed by atoms with Gasteiger partial charge in [-0.3, -0.25) is 4.79 Å². The lowest BCUT2D eigenvalue weighted by molar-refractivity contribution is 0.102. The number of nitrogens with one attached hydrogen (secondary N) is 1. The van der Waals surface area contributed by atoms with Crippen LogP contribution < -0.4 is 10.2 Å². The third-order valence-electron chi connectivity index (χ3n) is 4.32. The lowest BCUT2D eigenvalue weighted by Crippen LogP contribution is -2.36. The van der Waals surface area contributed by atoms with Crippen LogP contribution in [0.1, 0.15) is 16.1 Å². The smallest absolute Gasteiger partial charge is 0.259 e. The third-order valence-corrected chi connectivity index (χ3v) is 5.22. The highest BCUT2D eigenvalue weighted by Crippen LogP contribution is 2.28. The van der Waals surface area contributed by atoms with E-state index in [1.165, 1.54) is 6.26 Å². The maximum Gasteiger partial charge on any atom is 0.259 e. The average Bonchev–Trinajstić information content (AvgIpc) is 3.32. The van der Waals surface area contributed by atoms with Gasteiger partial charge in [0.15, 0.2) is 5.13 Å². The molecule has 2 aromatic heterocycles. The van der Waals surface area contributed by atoms with Gasteiger partial charge in [0, 0.05) is 29.7 Å². The van der Waals surface area contributed by atoms with Crippen molar-refractivity contribution >= 4 is 28.1 Å². The number of furan rings is 1. The fraction of sp³-hybridized carbons (Fsp3) is 0.263. The van der Waals surface area contributed by atoms with Crippen LogP contribution >= 0.6 is 11.3 Å². The first-order valence-electron chi connectivity index (χ1n) is 8.45. The largest absolute Gasteiger partial charge is 0.469 e. The molecule has 4 rings (SSSR count). The van der Waals surface area contributed by atoms with E-state index in [-0.39, 0.29) is 5.91 Å². The number of carbonyl (C=O) groups is 1. The molecule has 1 N–H and O–H groups in total. The molecule has 1 amide bonds. The van der Waals surface area contributed by atoms with Gasteiger partial charge in [-0.25, -0.2) is 4.98 Å². The summed E-state index contributed by atoms with van der Waals surface area (Å²) in [4.78, 5) is 19.2. The van der Waals surface area contributed by atoms with E-state index >= 15 is 0 Å². The Labute approximate surface area is 155 Å². The fourth-order valence-corrected chi connectivity index (χ4v) is 3.73. The summed E-state index contributed by atoms with van der Waals surface area (Å²) in [7, 11) is 0. The molecule has 1 aromatic carbocycles. The highest BCUT2D eigenvalue weighted by molar-refractivity contribution is 7.14. The van der Waals surface area contributed by atoms with Gasteiger partial charge in [-0.1, -0.05) is 12.1 Å². The number of anilines is 2. The van der Waals surface area contributed by atoms with Gasteiger partial charge in [-0.15, -0.1) is 11.3 Å². The molecule has 26 heavy (non-hydrogen) atoms. The molecule has 0 radical (unpaired) electrons. The Hall–Kier alpha value is -2.64. The Kier molecular flexibility index (Phi) is 4.73. The van der Waals surface area contributed by atoms with Crippen molar-refractivity contribution in [3.05, 3.63) is 53.3 Å². The molecule has 6 nitrogen and oxygen atoms in total. The second-order valence-electron chi connectivity index (χ2n) is 6.04. The van der Waals surface area contributed by atoms with E-state index in [9.17, 15) is 4.79 Å². The van der Waals surface area contributed by atoms with Crippen LogP contribution in [-0.4, -0.2) is 37.2 Å². The first-order chi connectivity index (χ1) is 12.7. The summed E-state index contributed by atoms with van der Waals surface area (Å²) in [6.07, 6.45) is 1.52. The molecule has 0 spiro atoms. The van der Waals surface area contributed by atoms with E-state index in [1.807, 2.05) is 24.3 Å². The van der Waals surface area contributed by atoms with Gasteiger partial charge in [0.05, 0.1) is 30.7 Å². The number of morpholine rings is 1. The Bertz CT molecular complexity index is 895. The van der Waals surface area contributed by atoms with Gasteiger partial charge in [0.2, 0.25) is 0 Å². The second-order valence-corrected chi connectivity index (χ2v) is 6.87. The number of aryl methyl sites for hydroxylation is 1. The molecule has 134 valence electrons. The quantitative estimate of drug-likeness (QED) is 0.758. The molecule has 3 heterocycles. The number of hydrogen-bond donors (Lipinski definition) is 1. The maximum absolute atomic E-state index is 12.2. The average molecular weight is 369 g/mol. The predicted molar refractivity (Wildman–Crippen MR) is 102 cm³/mol. The van der Waals surface area contributed by atoms with Crippen molar-refractivity contribution < 1.29 is 13.9 Å². The van der Waals surface area contributed by atoms with Crippen LogP contribution in [0, 0.1) is 6.92 Å². The molecule has 0 bridgehead atoms. The van der Waals surface area contributed by atoms with Crippen molar-refractivity contribution in [2.75, 3.05) is 36.5 Å². The molecule has 7 heteroatoms. The lowest BCUT2D eigenvalue weighted by Gasteiger charge is -2.26. The second kappa shape index (κ2) is 7.31. The third kappa shape index (κ3) is 3.49. The van der Waals surface area contributed by atoms with E-state index < -0.39 is 0 Å². The number of amides is 1. The van der Waals surface area contributed by atoms with Crippen LogP contribution in [0.25, 0.3) is 11.3 Å². The molecule has 0 aliphatic carbocycles. The summed E-state index contributed by atoms with van der Waals surface area (Å²) in [6, 6.07) is 9.38. The van der Waals surface area contributed by atoms with Crippen molar-refractivity contribution in [2.24, 2.45) is 0 Å². The Morgan fingerprint density at radius 1 is 1.19 bits per heavy atom. The van der Waals surface area contributed by atoms with Crippen molar-refractivity contribution in [1.82, 2.24) is 4.98 Å². The molecule has 1 fully saturated rings. The number of rotatable bonds is 4. The first kappa shape index (κ1) is 16.8. The normalized spacial score (nSPS) is 14.4. The molecule has 0 saturated carbocycles. The molecule has 1 saturated heterocycles. The lowest BCUT2D eigenvalue weighted by atomic mass is 10.1. The van der Waals surface area contributed by atoms with Crippen LogP contribution in [0.15, 0.2) is 46.4 Å². The number of carbonyl (C=O) groups excluding carboxylic acids is 1. The highest BCUT2D eigenvalue weighted by atomic mass is 32.1. The summed E-state index contributed by atoms with van der Waals surface area (Å²) in [5.41, 5.74) is 3.25. The minimum absolute atomic E-state index is 0.174. The van der Waals surface area contributed by atoms with Crippen molar-refractivity contribution in [3.63, 3.8) is 0 Å². The summed E-state index contributed by atoms with van der Waals surface area (Å²) in [6.45, 7) is 5.03. The number of hydrogen-bond acceptors (Lipinski definition) is 6. The molecule has 0 unspecified atom stereocenters. The minimum Gasteiger partial charge on any atom is -0.469 e. The number of thiazole rings is 1. The van der Waals surface area contributed by atoms with E-state index in [0.717, 1.165) is 48.4 Å². The molecule has 0 atom stereocenters. The van der Waals surface area contributed by atoms with Gasteiger partial charge in [-0.05, 0) is 25.1 Å². The highest BCUT2D eigenvalue weighted by Gasteiger charge is 2.15. The molecular formula is C19H19N3O3S. The van der Waals surface area contributed by atoms with Gasteiger partial charge >= 0.3 is 0 Å². The van der Waals surface area contributed by atoms with Crippen molar-refractivity contribution in [3.8, 4) is 11.3 Å². The zero-order valence-corrected chi connectivity index (χ0v) is 15.2. The summed E-state index contributed by atoms with van der Waals surface area (Å²) >= 11 is 1.64. The molecule has 1 aliphatic heterocycles. The van der Waals surface area contributed by atoms with Crippen molar-refractivity contribution in [2.45, 2.75) is 6.92 Å². The fourth-order valence-electron chi connectivity index (χ4n) is 2.84. The van der Waals surface area contributed by atoms with E-state index in [2.05, 4.69) is 15.6 Å². The van der Waals surface area contributed by atoms with Gasteiger partial charge in [-0.2, -0.15) is 0 Å². The van der Waals surface area contributed by atoms with Crippen LogP contribution in [0.4, 0.5) is 10.8 Å². The zero-order chi connectivity index (χ0) is 17.9. The SMILES string of the molecule is Cc1occc1C(=O)Nc1ccc(-c2csc(N3CCOCC3)n2)cc1. The van der Waals surface area contributed by atoms with Crippen LogP contribution in [0.3, 0.4) is 0 Å². The monoisotopic (exact) mass is 369 g/mol. The van der Waals surface area contributed by atoms with Crippen LogP contribution in [-0.2, 0) is 4.74 Å². The molecular weight excluding hydrogens is 350 g/mol. The number of ether oxygens (including phenoxy) is 1. The van der Waals surface area contributed by atoms with Gasteiger partial charge in [0.25, 0.3) is 5.91 Å².